The topological polar surface area (TPSA) is 77.8 Å². The number of hydrogen-bond donors (Lipinski definition) is 1. The van der Waals surface area contributed by atoms with Crippen molar-refractivity contribution in [1.29, 1.82) is 0 Å². The summed E-state index contributed by atoms with van der Waals surface area (Å²) in [5.74, 6) is -2.01. The summed E-state index contributed by atoms with van der Waals surface area (Å²) in [7, 11) is 1.32. The fourth-order valence-electron chi connectivity index (χ4n) is 3.86. The molecule has 6 nitrogen and oxygen atoms in total. The van der Waals surface area contributed by atoms with Crippen molar-refractivity contribution in [3.8, 4) is 11.4 Å². The minimum atomic E-state index is -4.87. The lowest BCUT2D eigenvalue weighted by atomic mass is 9.92. The number of carboxylic acid groups (broad SMARTS) is 1. The third kappa shape index (κ3) is 4.08. The Hall–Kier alpha value is -3.49. The van der Waals surface area contributed by atoms with E-state index in [1.54, 1.807) is 18.2 Å². The highest BCUT2D eigenvalue weighted by Crippen LogP contribution is 2.51. The number of alkyl halides is 3. The lowest BCUT2D eigenvalue weighted by Gasteiger charge is -2.17. The summed E-state index contributed by atoms with van der Waals surface area (Å²) >= 11 is 0. The van der Waals surface area contributed by atoms with E-state index in [2.05, 4.69) is 4.74 Å². The average molecular weight is 433 g/mol. The first kappa shape index (κ1) is 20.8. The van der Waals surface area contributed by atoms with Crippen LogP contribution in [0.1, 0.15) is 35.3 Å². The van der Waals surface area contributed by atoms with E-state index >= 15 is 0 Å². The third-order valence-corrected chi connectivity index (χ3v) is 5.51. The van der Waals surface area contributed by atoms with Crippen molar-refractivity contribution in [2.45, 2.75) is 31.0 Å². The molecule has 9 heteroatoms. The predicted molar refractivity (Wildman–Crippen MR) is 104 cm³/mol. The van der Waals surface area contributed by atoms with E-state index in [0.717, 1.165) is 30.5 Å². The second-order valence-corrected chi connectivity index (χ2v) is 7.52. The van der Waals surface area contributed by atoms with Crippen LogP contribution in [0.15, 0.2) is 48.5 Å². The highest BCUT2D eigenvalue weighted by Gasteiger charge is 2.46. The van der Waals surface area contributed by atoms with Gasteiger partial charge in [0.15, 0.2) is 0 Å². The minimum absolute atomic E-state index is 0.103. The molecule has 1 N–H and O–H groups in total. The highest BCUT2D eigenvalue weighted by molar-refractivity contribution is 5.96. The van der Waals surface area contributed by atoms with Gasteiger partial charge in [0.05, 0.1) is 19.0 Å². The number of nitrogens with zero attached hydrogens (tertiary/aromatic N) is 1. The van der Waals surface area contributed by atoms with Crippen molar-refractivity contribution in [3.63, 3.8) is 0 Å². The highest BCUT2D eigenvalue weighted by atomic mass is 19.4. The van der Waals surface area contributed by atoms with Crippen molar-refractivity contribution in [2.24, 2.45) is 0 Å². The van der Waals surface area contributed by atoms with Gasteiger partial charge in [0, 0.05) is 22.6 Å². The Morgan fingerprint density at radius 3 is 2.48 bits per heavy atom. The van der Waals surface area contributed by atoms with E-state index in [1.807, 2.05) is 6.07 Å². The average Bonchev–Trinajstić information content (AvgIpc) is 3.38. The van der Waals surface area contributed by atoms with E-state index in [-0.39, 0.29) is 29.0 Å². The first-order valence-electron chi connectivity index (χ1n) is 9.44. The van der Waals surface area contributed by atoms with Crippen molar-refractivity contribution in [2.75, 3.05) is 7.11 Å². The molecule has 1 aromatic heterocycles. The fourth-order valence-corrected chi connectivity index (χ4v) is 3.86. The van der Waals surface area contributed by atoms with Crippen LogP contribution >= 0.6 is 0 Å². The van der Waals surface area contributed by atoms with Crippen LogP contribution in [0.5, 0.6) is 5.75 Å². The van der Waals surface area contributed by atoms with E-state index in [9.17, 15) is 27.9 Å². The molecule has 0 saturated heterocycles. The zero-order chi connectivity index (χ0) is 22.4. The first-order chi connectivity index (χ1) is 14.6. The molecule has 0 bridgehead atoms. The number of carboxylic acids is 1. The normalized spacial score (nSPS) is 15.0. The Bertz CT molecular complexity index is 1180. The molecule has 1 heterocycles. The number of rotatable bonds is 6. The maximum atomic E-state index is 12.7. The van der Waals surface area contributed by atoms with Crippen LogP contribution in [0.2, 0.25) is 0 Å². The van der Waals surface area contributed by atoms with Gasteiger partial charge in [-0.15, -0.1) is 13.2 Å². The number of aromatic nitrogens is 1. The Kier molecular flexibility index (Phi) is 4.91. The number of carbonyl (C=O) groups is 2. The maximum absolute atomic E-state index is 12.7. The van der Waals surface area contributed by atoms with Crippen LogP contribution in [0.3, 0.4) is 0 Å². The van der Waals surface area contributed by atoms with Gasteiger partial charge >= 0.3 is 18.3 Å². The molecule has 0 radical (unpaired) electrons. The van der Waals surface area contributed by atoms with Crippen LogP contribution in [-0.2, 0) is 14.9 Å². The molecule has 1 fully saturated rings. The lowest BCUT2D eigenvalue weighted by Crippen LogP contribution is -2.17. The van der Waals surface area contributed by atoms with Gasteiger partial charge in [-0.2, -0.15) is 0 Å². The zero-order valence-electron chi connectivity index (χ0n) is 16.4. The van der Waals surface area contributed by atoms with Gasteiger partial charge in [0.2, 0.25) is 0 Å². The summed E-state index contributed by atoms with van der Waals surface area (Å²) in [4.78, 5) is 23.7. The Morgan fingerprint density at radius 2 is 1.87 bits per heavy atom. The molecule has 1 aliphatic carbocycles. The van der Waals surface area contributed by atoms with Crippen LogP contribution in [0.4, 0.5) is 13.2 Å². The van der Waals surface area contributed by atoms with Crippen molar-refractivity contribution in [3.05, 3.63) is 59.8 Å². The van der Waals surface area contributed by atoms with E-state index in [1.165, 1.54) is 23.8 Å². The Balaban J connectivity index is 1.83. The van der Waals surface area contributed by atoms with E-state index in [4.69, 9.17) is 4.74 Å². The summed E-state index contributed by atoms with van der Waals surface area (Å²) in [5, 5.41) is 10.1. The minimum Gasteiger partial charge on any atom is -0.477 e. The van der Waals surface area contributed by atoms with Gasteiger partial charge in [0.25, 0.3) is 0 Å². The SMILES string of the molecule is COC(=O)CC1(c2cccc(-n3c(C(=O)O)cc4ccc(OC(F)(F)F)cc43)c2)CC1. The van der Waals surface area contributed by atoms with E-state index in [0.29, 0.717) is 11.1 Å². The Morgan fingerprint density at radius 1 is 1.13 bits per heavy atom. The van der Waals surface area contributed by atoms with Gasteiger partial charge in [-0.3, -0.25) is 4.79 Å². The number of benzene rings is 2. The Labute approximate surface area is 174 Å². The van der Waals surface area contributed by atoms with Gasteiger partial charge < -0.3 is 19.1 Å². The molecule has 0 spiro atoms. The second kappa shape index (κ2) is 7.33. The smallest absolute Gasteiger partial charge is 0.477 e. The second-order valence-electron chi connectivity index (χ2n) is 7.52. The summed E-state index contributed by atoms with van der Waals surface area (Å²) in [6, 6.07) is 12.1. The molecule has 0 aliphatic heterocycles. The molecule has 31 heavy (non-hydrogen) atoms. The molecule has 1 saturated carbocycles. The summed E-state index contributed by atoms with van der Waals surface area (Å²) in [6.45, 7) is 0. The maximum Gasteiger partial charge on any atom is 0.573 e. The molecular weight excluding hydrogens is 415 g/mol. The van der Waals surface area contributed by atoms with Gasteiger partial charge in [-0.25, -0.2) is 4.79 Å². The first-order valence-corrected chi connectivity index (χ1v) is 9.44. The van der Waals surface area contributed by atoms with Crippen molar-refractivity contribution in [1.82, 2.24) is 4.57 Å². The zero-order valence-corrected chi connectivity index (χ0v) is 16.4. The summed E-state index contributed by atoms with van der Waals surface area (Å²) in [5.41, 5.74) is 1.09. The van der Waals surface area contributed by atoms with Crippen molar-refractivity contribution < 1.29 is 37.3 Å². The quantitative estimate of drug-likeness (QED) is 0.564. The number of aromatic carboxylic acids is 1. The molecule has 162 valence electrons. The number of methoxy groups -OCH3 is 1. The standard InChI is InChI=1S/C22H18F3NO5/c1-30-19(27)12-21(7-8-21)14-3-2-4-15(10-14)26-17-11-16(31-22(23,24)25)6-5-13(17)9-18(26)20(28)29/h2-6,9-11H,7-8,12H2,1H3,(H,28,29). The molecule has 3 aromatic rings. The number of fused-ring (bicyclic) bond motifs is 1. The fraction of sp³-hybridized carbons (Fsp3) is 0.273. The van der Waals surface area contributed by atoms with E-state index < -0.39 is 18.1 Å². The molecule has 0 unspecified atom stereocenters. The van der Waals surface area contributed by atoms with Crippen LogP contribution in [0, 0.1) is 0 Å². The van der Waals surface area contributed by atoms with Crippen LogP contribution < -0.4 is 4.74 Å². The molecule has 1 aliphatic rings. The van der Waals surface area contributed by atoms with Gasteiger partial charge in [-0.1, -0.05) is 12.1 Å². The third-order valence-electron chi connectivity index (χ3n) is 5.51. The summed E-state index contributed by atoms with van der Waals surface area (Å²) in [6.07, 6.45) is -3.09. The van der Waals surface area contributed by atoms with Gasteiger partial charge in [0.1, 0.15) is 11.4 Å². The monoisotopic (exact) mass is 433 g/mol. The molecule has 0 atom stereocenters. The molecule has 0 amide bonds. The van der Waals surface area contributed by atoms with Crippen molar-refractivity contribution >= 4 is 22.8 Å². The predicted octanol–water partition coefficient (Wildman–Crippen LogP) is 4.82. The molecule has 4 rings (SSSR count). The number of carbonyl (C=O) groups excluding carboxylic acids is 1. The van der Waals surface area contributed by atoms with Crippen LogP contribution in [0.25, 0.3) is 16.6 Å². The molecular formula is C22H18F3NO5. The number of ether oxygens (including phenoxy) is 2. The number of hydrogen-bond acceptors (Lipinski definition) is 4. The lowest BCUT2D eigenvalue weighted by molar-refractivity contribution is -0.274. The largest absolute Gasteiger partial charge is 0.573 e. The molecule has 2 aromatic carbocycles. The number of esters is 1. The van der Waals surface area contributed by atoms with Crippen LogP contribution in [-0.4, -0.2) is 35.1 Å². The summed E-state index contributed by atoms with van der Waals surface area (Å²) < 4.78 is 48.1. The van der Waals surface area contributed by atoms with Gasteiger partial charge in [-0.05, 0) is 48.7 Å². The number of halogens is 3.